The molecule has 2 rings (SSSR count). The molecule has 1 aliphatic rings. The Bertz CT molecular complexity index is 413. The molecule has 2 unspecified atom stereocenters. The summed E-state index contributed by atoms with van der Waals surface area (Å²) in [5, 5.41) is 3.60. The average Bonchev–Trinajstić information content (AvgIpc) is 2.92. The minimum Gasteiger partial charge on any atom is -0.378 e. The zero-order chi connectivity index (χ0) is 14.4. The van der Waals surface area contributed by atoms with Crippen LogP contribution in [0.15, 0.2) is 24.3 Å². The first-order chi connectivity index (χ1) is 9.63. The maximum absolute atomic E-state index is 5.64. The number of aryl methyl sites for hydroxylation is 2. The van der Waals surface area contributed by atoms with Gasteiger partial charge in [-0.3, -0.25) is 0 Å². The topological polar surface area (TPSA) is 30.5 Å². The van der Waals surface area contributed by atoms with E-state index in [9.17, 15) is 0 Å². The molecule has 1 heterocycles. The van der Waals surface area contributed by atoms with Gasteiger partial charge >= 0.3 is 0 Å². The van der Waals surface area contributed by atoms with E-state index in [4.69, 9.17) is 9.47 Å². The summed E-state index contributed by atoms with van der Waals surface area (Å²) in [5.74, 6) is 0. The minimum absolute atomic E-state index is 0.113. The highest BCUT2D eigenvalue weighted by Gasteiger charge is 2.34. The summed E-state index contributed by atoms with van der Waals surface area (Å²) in [4.78, 5) is 0. The second-order valence-electron chi connectivity index (χ2n) is 6.00. The largest absolute Gasteiger partial charge is 0.378 e. The van der Waals surface area contributed by atoms with Crippen LogP contribution in [0, 0.1) is 6.92 Å². The van der Waals surface area contributed by atoms with Gasteiger partial charge in [0.05, 0.1) is 6.61 Å². The van der Waals surface area contributed by atoms with Crippen molar-refractivity contribution in [2.75, 3.05) is 26.9 Å². The molecule has 0 aliphatic carbocycles. The molecule has 1 saturated heterocycles. The number of ether oxygens (including phenoxy) is 2. The van der Waals surface area contributed by atoms with Gasteiger partial charge in [-0.05, 0) is 32.3 Å². The molecule has 1 N–H and O–H groups in total. The second-order valence-corrected chi connectivity index (χ2v) is 6.00. The summed E-state index contributed by atoms with van der Waals surface area (Å²) in [6.07, 6.45) is 3.25. The van der Waals surface area contributed by atoms with Crippen LogP contribution in [0.5, 0.6) is 0 Å². The number of hydrogen-bond donors (Lipinski definition) is 1. The first kappa shape index (κ1) is 15.5. The van der Waals surface area contributed by atoms with Gasteiger partial charge in [-0.2, -0.15) is 0 Å². The number of nitrogens with one attached hydrogen (secondary N) is 1. The molecular formula is C17H27NO2. The van der Waals surface area contributed by atoms with E-state index in [1.165, 1.54) is 11.1 Å². The molecule has 0 radical (unpaired) electrons. The molecule has 1 aliphatic heterocycles. The SMILES string of the molecule is COC1(CNC(C)CCc2cccc(C)c2)CCOC1. The van der Waals surface area contributed by atoms with Gasteiger partial charge in [-0.15, -0.1) is 0 Å². The van der Waals surface area contributed by atoms with Crippen molar-refractivity contribution < 1.29 is 9.47 Å². The quantitative estimate of drug-likeness (QED) is 0.831. The Morgan fingerprint density at radius 3 is 2.95 bits per heavy atom. The van der Waals surface area contributed by atoms with Crippen molar-refractivity contribution in [2.24, 2.45) is 0 Å². The molecule has 0 bridgehead atoms. The normalized spacial score (nSPS) is 23.9. The van der Waals surface area contributed by atoms with E-state index in [1.54, 1.807) is 7.11 Å². The van der Waals surface area contributed by atoms with Crippen LogP contribution in [0.3, 0.4) is 0 Å². The van der Waals surface area contributed by atoms with Crippen LogP contribution in [-0.4, -0.2) is 38.5 Å². The Balaban J connectivity index is 1.74. The molecule has 112 valence electrons. The van der Waals surface area contributed by atoms with Crippen molar-refractivity contribution in [3.05, 3.63) is 35.4 Å². The first-order valence-electron chi connectivity index (χ1n) is 7.55. The Labute approximate surface area is 122 Å². The molecule has 1 aromatic rings. The fourth-order valence-corrected chi connectivity index (χ4v) is 2.67. The van der Waals surface area contributed by atoms with E-state index >= 15 is 0 Å². The van der Waals surface area contributed by atoms with E-state index in [1.807, 2.05) is 0 Å². The van der Waals surface area contributed by atoms with E-state index < -0.39 is 0 Å². The summed E-state index contributed by atoms with van der Waals surface area (Å²) in [7, 11) is 1.79. The van der Waals surface area contributed by atoms with Gasteiger partial charge in [0.2, 0.25) is 0 Å². The Kier molecular flexibility index (Phi) is 5.58. The lowest BCUT2D eigenvalue weighted by molar-refractivity contribution is -0.0173. The maximum atomic E-state index is 5.64. The monoisotopic (exact) mass is 277 g/mol. The second kappa shape index (κ2) is 7.21. The molecule has 1 fully saturated rings. The van der Waals surface area contributed by atoms with Gasteiger partial charge in [0.1, 0.15) is 5.60 Å². The molecule has 3 nitrogen and oxygen atoms in total. The van der Waals surface area contributed by atoms with E-state index in [-0.39, 0.29) is 5.60 Å². The molecule has 0 spiro atoms. The maximum Gasteiger partial charge on any atom is 0.106 e. The summed E-state index contributed by atoms with van der Waals surface area (Å²) in [6, 6.07) is 9.25. The lowest BCUT2D eigenvalue weighted by atomic mass is 10.0. The lowest BCUT2D eigenvalue weighted by Gasteiger charge is -2.28. The van der Waals surface area contributed by atoms with Gasteiger partial charge in [0.25, 0.3) is 0 Å². The molecule has 2 atom stereocenters. The van der Waals surface area contributed by atoms with Crippen LogP contribution in [-0.2, 0) is 15.9 Å². The molecule has 1 aromatic carbocycles. The van der Waals surface area contributed by atoms with Crippen LogP contribution in [0.4, 0.5) is 0 Å². The summed E-state index contributed by atoms with van der Waals surface area (Å²) in [6.45, 7) is 6.79. The van der Waals surface area contributed by atoms with Gasteiger partial charge in [0, 0.05) is 32.7 Å². The third kappa shape index (κ3) is 4.30. The third-order valence-corrected chi connectivity index (χ3v) is 4.22. The van der Waals surface area contributed by atoms with E-state index in [0.29, 0.717) is 12.6 Å². The highest BCUT2D eigenvalue weighted by molar-refractivity contribution is 5.22. The Hall–Kier alpha value is -0.900. The molecule has 20 heavy (non-hydrogen) atoms. The fraction of sp³-hybridized carbons (Fsp3) is 0.647. The highest BCUT2D eigenvalue weighted by Crippen LogP contribution is 2.21. The van der Waals surface area contributed by atoms with Crippen molar-refractivity contribution in [3.63, 3.8) is 0 Å². The van der Waals surface area contributed by atoms with E-state index in [2.05, 4.69) is 43.4 Å². The lowest BCUT2D eigenvalue weighted by Crippen LogP contribution is -2.45. The standard InChI is InChI=1S/C17H27NO2/c1-14-5-4-6-16(11-14)8-7-15(2)18-12-17(19-3)9-10-20-13-17/h4-6,11,15,18H,7-10,12-13H2,1-3H3. The minimum atomic E-state index is -0.113. The Morgan fingerprint density at radius 1 is 1.45 bits per heavy atom. The van der Waals surface area contributed by atoms with Crippen molar-refractivity contribution in [3.8, 4) is 0 Å². The average molecular weight is 277 g/mol. The van der Waals surface area contributed by atoms with Gasteiger partial charge in [-0.25, -0.2) is 0 Å². The number of benzene rings is 1. The number of hydrogen-bond acceptors (Lipinski definition) is 3. The summed E-state index contributed by atoms with van der Waals surface area (Å²) in [5.41, 5.74) is 2.64. The van der Waals surface area contributed by atoms with Crippen LogP contribution >= 0.6 is 0 Å². The smallest absolute Gasteiger partial charge is 0.106 e. The Morgan fingerprint density at radius 2 is 2.30 bits per heavy atom. The van der Waals surface area contributed by atoms with Crippen molar-refractivity contribution in [1.29, 1.82) is 0 Å². The van der Waals surface area contributed by atoms with Gasteiger partial charge in [-0.1, -0.05) is 29.8 Å². The van der Waals surface area contributed by atoms with E-state index in [0.717, 1.165) is 32.4 Å². The fourth-order valence-electron chi connectivity index (χ4n) is 2.67. The summed E-state index contributed by atoms with van der Waals surface area (Å²) < 4.78 is 11.1. The molecule has 3 heteroatoms. The highest BCUT2D eigenvalue weighted by atomic mass is 16.5. The zero-order valence-corrected chi connectivity index (χ0v) is 12.9. The first-order valence-corrected chi connectivity index (χ1v) is 7.55. The van der Waals surface area contributed by atoms with Gasteiger partial charge < -0.3 is 14.8 Å². The van der Waals surface area contributed by atoms with Crippen molar-refractivity contribution in [2.45, 2.75) is 44.8 Å². The van der Waals surface area contributed by atoms with Crippen molar-refractivity contribution >= 4 is 0 Å². The molecule has 0 amide bonds. The van der Waals surface area contributed by atoms with Gasteiger partial charge in [0.15, 0.2) is 0 Å². The zero-order valence-electron chi connectivity index (χ0n) is 12.9. The van der Waals surface area contributed by atoms with Crippen LogP contribution in [0.25, 0.3) is 0 Å². The third-order valence-electron chi connectivity index (χ3n) is 4.22. The molecule has 0 saturated carbocycles. The van der Waals surface area contributed by atoms with Crippen molar-refractivity contribution in [1.82, 2.24) is 5.32 Å². The predicted molar refractivity (Wildman–Crippen MR) is 82.1 cm³/mol. The van der Waals surface area contributed by atoms with Crippen LogP contribution in [0.1, 0.15) is 30.9 Å². The number of rotatable bonds is 7. The van der Waals surface area contributed by atoms with Crippen LogP contribution in [0.2, 0.25) is 0 Å². The summed E-state index contributed by atoms with van der Waals surface area (Å²) >= 11 is 0. The number of methoxy groups -OCH3 is 1. The predicted octanol–water partition coefficient (Wildman–Crippen LogP) is 2.71. The van der Waals surface area contributed by atoms with Crippen LogP contribution < -0.4 is 5.32 Å². The molecular weight excluding hydrogens is 250 g/mol. The molecule has 0 aromatic heterocycles.